The molecule has 3 fully saturated rings. The first-order chi connectivity index (χ1) is 11.5. The molecule has 1 aromatic carbocycles. The van der Waals surface area contributed by atoms with Gasteiger partial charge in [0.1, 0.15) is 5.69 Å². The number of amides is 2. The first kappa shape index (κ1) is 14.2. The lowest BCUT2D eigenvalue weighted by Crippen LogP contribution is -2.40. The molecule has 1 aliphatic heterocycles. The fraction of sp³-hybridized carbons (Fsp3) is 0.412. The molecule has 24 heavy (non-hydrogen) atoms. The standard InChI is InChI=1S/C17H13ClN2O4/c18-7-1-4-12(13(5-7)20(23)24)19-16(21)14-8-2-3-9(11-6-10(8)11)15(14)17(19)22/h1-5,8-11,14-15H,6H2/t8-,9-,10-,11-,14+,15+/m0/s1. The van der Waals surface area contributed by atoms with E-state index >= 15 is 0 Å². The van der Waals surface area contributed by atoms with Crippen molar-refractivity contribution < 1.29 is 14.5 Å². The summed E-state index contributed by atoms with van der Waals surface area (Å²) in [5.74, 6) is -0.162. The lowest BCUT2D eigenvalue weighted by atomic mass is 9.63. The van der Waals surface area contributed by atoms with Crippen LogP contribution in [0.1, 0.15) is 6.42 Å². The number of nitro benzene ring substituents is 1. The minimum atomic E-state index is -0.603. The van der Waals surface area contributed by atoms with Crippen molar-refractivity contribution in [3.63, 3.8) is 0 Å². The van der Waals surface area contributed by atoms with Crippen LogP contribution < -0.4 is 4.90 Å². The van der Waals surface area contributed by atoms with Crippen LogP contribution in [-0.4, -0.2) is 16.7 Å². The molecule has 6 rings (SSSR count). The Bertz CT molecular complexity index is 815. The Morgan fingerprint density at radius 3 is 2.21 bits per heavy atom. The number of hydrogen-bond acceptors (Lipinski definition) is 4. The molecule has 0 unspecified atom stereocenters. The predicted octanol–water partition coefficient (Wildman–Crippen LogP) is 2.81. The van der Waals surface area contributed by atoms with Crippen molar-refractivity contribution in [3.05, 3.63) is 45.5 Å². The number of allylic oxidation sites excluding steroid dienone is 2. The molecule has 6 atom stereocenters. The second-order valence-electron chi connectivity index (χ2n) is 7.06. The first-order valence-corrected chi connectivity index (χ1v) is 8.37. The van der Waals surface area contributed by atoms with Gasteiger partial charge in [0.05, 0.1) is 16.8 Å². The van der Waals surface area contributed by atoms with Crippen molar-refractivity contribution in [2.24, 2.45) is 35.5 Å². The van der Waals surface area contributed by atoms with E-state index in [2.05, 4.69) is 12.2 Å². The largest absolute Gasteiger partial charge is 0.294 e. The summed E-state index contributed by atoms with van der Waals surface area (Å²) in [5, 5.41) is 11.5. The number of anilines is 1. The third-order valence-electron chi connectivity index (χ3n) is 6.04. The van der Waals surface area contributed by atoms with Crippen molar-refractivity contribution >= 4 is 34.8 Å². The van der Waals surface area contributed by atoms with Gasteiger partial charge in [-0.05, 0) is 42.2 Å². The summed E-state index contributed by atoms with van der Waals surface area (Å²) in [6, 6.07) is 4.05. The fourth-order valence-electron chi connectivity index (χ4n) is 5.03. The molecule has 1 aromatic rings. The number of benzene rings is 1. The van der Waals surface area contributed by atoms with Crippen molar-refractivity contribution in [3.8, 4) is 0 Å². The van der Waals surface area contributed by atoms with Crippen LogP contribution in [0.2, 0.25) is 5.02 Å². The van der Waals surface area contributed by atoms with Crippen LogP contribution in [0.3, 0.4) is 0 Å². The van der Waals surface area contributed by atoms with Gasteiger partial charge in [0.15, 0.2) is 0 Å². The molecular formula is C17H13ClN2O4. The van der Waals surface area contributed by atoms with Crippen molar-refractivity contribution in [2.75, 3.05) is 4.90 Å². The molecule has 2 saturated carbocycles. The second-order valence-corrected chi connectivity index (χ2v) is 7.49. The Balaban J connectivity index is 1.61. The molecular weight excluding hydrogens is 332 g/mol. The van der Waals surface area contributed by atoms with E-state index in [-0.39, 0.29) is 51.9 Å². The van der Waals surface area contributed by atoms with Gasteiger partial charge >= 0.3 is 0 Å². The maximum atomic E-state index is 13.0. The van der Waals surface area contributed by atoms with Crippen LogP contribution in [0.25, 0.3) is 0 Å². The van der Waals surface area contributed by atoms with E-state index in [1.165, 1.54) is 18.2 Å². The van der Waals surface area contributed by atoms with Crippen molar-refractivity contribution in [2.45, 2.75) is 6.42 Å². The molecule has 1 saturated heterocycles. The van der Waals surface area contributed by atoms with E-state index in [1.54, 1.807) is 0 Å². The summed E-state index contributed by atoms with van der Waals surface area (Å²) in [7, 11) is 0. The highest BCUT2D eigenvalue weighted by molar-refractivity contribution is 6.31. The first-order valence-electron chi connectivity index (χ1n) is 7.99. The summed E-state index contributed by atoms with van der Waals surface area (Å²) < 4.78 is 0. The maximum Gasteiger partial charge on any atom is 0.294 e. The quantitative estimate of drug-likeness (QED) is 0.357. The summed E-state index contributed by atoms with van der Waals surface area (Å²) in [6.45, 7) is 0. The Kier molecular flexibility index (Phi) is 2.62. The number of rotatable bonds is 2. The zero-order valence-corrected chi connectivity index (χ0v) is 13.2. The number of carbonyl (C=O) groups is 2. The molecule has 0 spiro atoms. The van der Waals surface area contributed by atoms with E-state index in [1.807, 2.05) is 0 Å². The SMILES string of the molecule is O=C1[C@@H]2[C@H]3C=C[C@@H]([C@@H]4C[C@@H]34)[C@H]2C(=O)N1c1ccc(Cl)cc1[N+](=O)[O-]. The fourth-order valence-corrected chi connectivity index (χ4v) is 5.19. The molecule has 122 valence electrons. The molecule has 6 nitrogen and oxygen atoms in total. The van der Waals surface area contributed by atoms with Crippen molar-refractivity contribution in [1.82, 2.24) is 0 Å². The minimum Gasteiger partial charge on any atom is -0.274 e. The van der Waals surface area contributed by atoms with E-state index in [0.29, 0.717) is 11.8 Å². The Labute approximate surface area is 142 Å². The summed E-state index contributed by atoms with van der Waals surface area (Å²) in [5.41, 5.74) is -0.282. The van der Waals surface area contributed by atoms with Crippen molar-refractivity contribution in [1.29, 1.82) is 0 Å². The number of nitrogens with zero attached hydrogens (tertiary/aromatic N) is 2. The van der Waals surface area contributed by atoms with Gasteiger partial charge in [-0.15, -0.1) is 0 Å². The Morgan fingerprint density at radius 2 is 1.67 bits per heavy atom. The number of imide groups is 1. The van der Waals surface area contributed by atoms with Gasteiger partial charge in [-0.3, -0.25) is 19.7 Å². The van der Waals surface area contributed by atoms with Gasteiger partial charge in [0, 0.05) is 11.1 Å². The zero-order chi connectivity index (χ0) is 16.7. The smallest absolute Gasteiger partial charge is 0.274 e. The molecule has 7 heteroatoms. The normalized spacial score (nSPS) is 38.3. The van der Waals surface area contributed by atoms with E-state index in [4.69, 9.17) is 11.6 Å². The van der Waals surface area contributed by atoms with Crippen LogP contribution in [0, 0.1) is 45.6 Å². The predicted molar refractivity (Wildman–Crippen MR) is 85.3 cm³/mol. The molecule has 4 aliphatic carbocycles. The number of carbonyl (C=O) groups excluding carboxylic acids is 2. The van der Waals surface area contributed by atoms with Gasteiger partial charge in [0.2, 0.25) is 11.8 Å². The summed E-state index contributed by atoms with van der Waals surface area (Å²) in [4.78, 5) is 37.7. The monoisotopic (exact) mass is 344 g/mol. The van der Waals surface area contributed by atoms with Gasteiger partial charge < -0.3 is 0 Å². The summed E-state index contributed by atoms with van der Waals surface area (Å²) in [6.07, 6.45) is 5.23. The van der Waals surface area contributed by atoms with E-state index < -0.39 is 4.92 Å². The zero-order valence-electron chi connectivity index (χ0n) is 12.5. The average Bonchev–Trinajstić information content (AvgIpc) is 3.33. The molecule has 1 heterocycles. The van der Waals surface area contributed by atoms with Gasteiger partial charge in [-0.25, -0.2) is 4.90 Å². The highest BCUT2D eigenvalue weighted by atomic mass is 35.5. The minimum absolute atomic E-state index is 0.0295. The van der Waals surface area contributed by atoms with Crippen LogP contribution in [0.4, 0.5) is 11.4 Å². The van der Waals surface area contributed by atoms with Gasteiger partial charge in [-0.2, -0.15) is 0 Å². The summed E-state index contributed by atoms with van der Waals surface area (Å²) >= 11 is 5.84. The average molecular weight is 345 g/mol. The third-order valence-corrected chi connectivity index (χ3v) is 6.27. The van der Waals surface area contributed by atoms with E-state index in [9.17, 15) is 19.7 Å². The van der Waals surface area contributed by atoms with Crippen LogP contribution in [0.5, 0.6) is 0 Å². The highest BCUT2D eigenvalue weighted by Crippen LogP contribution is 2.65. The molecule has 2 bridgehead atoms. The third kappa shape index (κ3) is 1.61. The molecule has 0 aromatic heterocycles. The Hall–Kier alpha value is -2.21. The Morgan fingerprint density at radius 1 is 1.08 bits per heavy atom. The molecule has 0 radical (unpaired) electrons. The lowest BCUT2D eigenvalue weighted by molar-refractivity contribution is -0.384. The molecule has 2 amide bonds. The number of halogens is 1. The number of hydrogen-bond donors (Lipinski definition) is 0. The van der Waals surface area contributed by atoms with Crippen LogP contribution in [0.15, 0.2) is 30.4 Å². The van der Waals surface area contributed by atoms with E-state index in [0.717, 1.165) is 11.3 Å². The van der Waals surface area contributed by atoms with Gasteiger partial charge in [0.25, 0.3) is 5.69 Å². The van der Waals surface area contributed by atoms with Crippen LogP contribution in [-0.2, 0) is 9.59 Å². The molecule has 0 N–H and O–H groups in total. The maximum absolute atomic E-state index is 13.0. The van der Waals surface area contributed by atoms with Gasteiger partial charge in [-0.1, -0.05) is 23.8 Å². The van der Waals surface area contributed by atoms with Crippen LogP contribution >= 0.6 is 11.6 Å². The second kappa shape index (κ2) is 4.45. The highest BCUT2D eigenvalue weighted by Gasteiger charge is 2.67. The molecule has 5 aliphatic rings. The topological polar surface area (TPSA) is 80.5 Å². The number of nitro groups is 1. The lowest BCUT2D eigenvalue weighted by Gasteiger charge is -2.37.